The quantitative estimate of drug-likeness (QED) is 0.816. The number of ether oxygens (including phenoxy) is 1. The Bertz CT molecular complexity index is 408. The minimum Gasteiger partial charge on any atom is -0.494 e. The maximum absolute atomic E-state index is 13.1. The molecule has 100 valence electrons. The van der Waals surface area contributed by atoms with Crippen LogP contribution in [0.15, 0.2) is 18.2 Å². The van der Waals surface area contributed by atoms with Crippen LogP contribution in [0.3, 0.4) is 0 Å². The fourth-order valence-corrected chi connectivity index (χ4v) is 1.33. The number of anilines is 1. The van der Waals surface area contributed by atoms with Crippen LogP contribution in [0, 0.1) is 11.7 Å². The predicted octanol–water partition coefficient (Wildman–Crippen LogP) is 2.02. The van der Waals surface area contributed by atoms with Crippen LogP contribution in [-0.4, -0.2) is 26.1 Å². The fraction of sp³-hybridized carbons (Fsp3) is 0.462. The number of hydrogen-bond donors (Lipinski definition) is 2. The van der Waals surface area contributed by atoms with Gasteiger partial charge in [-0.1, -0.05) is 13.8 Å². The number of methoxy groups -OCH3 is 1. The van der Waals surface area contributed by atoms with Gasteiger partial charge in [0.15, 0.2) is 11.6 Å². The second kappa shape index (κ2) is 6.83. The highest BCUT2D eigenvalue weighted by molar-refractivity contribution is 5.80. The van der Waals surface area contributed by atoms with E-state index in [4.69, 9.17) is 4.74 Å². The molecule has 0 unspecified atom stereocenters. The molecule has 0 aliphatic carbocycles. The largest absolute Gasteiger partial charge is 0.494 e. The van der Waals surface area contributed by atoms with Crippen LogP contribution in [0.1, 0.15) is 13.8 Å². The van der Waals surface area contributed by atoms with Crippen molar-refractivity contribution in [2.24, 2.45) is 5.92 Å². The monoisotopic (exact) mass is 254 g/mol. The van der Waals surface area contributed by atoms with Crippen molar-refractivity contribution in [2.75, 3.05) is 25.5 Å². The second-order valence-corrected chi connectivity index (χ2v) is 4.40. The van der Waals surface area contributed by atoms with Crippen molar-refractivity contribution in [3.8, 4) is 5.75 Å². The lowest BCUT2D eigenvalue weighted by atomic mass is 10.2. The second-order valence-electron chi connectivity index (χ2n) is 4.40. The SMILES string of the molecule is COc1cc(NCC(=O)NCC(C)C)ccc1F. The van der Waals surface area contributed by atoms with Gasteiger partial charge >= 0.3 is 0 Å². The van der Waals surface area contributed by atoms with Crippen molar-refractivity contribution in [2.45, 2.75) is 13.8 Å². The summed E-state index contributed by atoms with van der Waals surface area (Å²) in [5.74, 6) is 0.0572. The average Bonchev–Trinajstić information content (AvgIpc) is 2.35. The third-order valence-electron chi connectivity index (χ3n) is 2.31. The molecule has 0 fully saturated rings. The Balaban J connectivity index is 2.46. The van der Waals surface area contributed by atoms with Crippen molar-refractivity contribution in [3.63, 3.8) is 0 Å². The van der Waals surface area contributed by atoms with E-state index in [1.54, 1.807) is 6.07 Å². The van der Waals surface area contributed by atoms with E-state index in [-0.39, 0.29) is 18.2 Å². The molecular weight excluding hydrogens is 235 g/mol. The molecule has 0 bridgehead atoms. The van der Waals surface area contributed by atoms with Crippen LogP contribution in [0.4, 0.5) is 10.1 Å². The van der Waals surface area contributed by atoms with E-state index in [1.165, 1.54) is 19.2 Å². The van der Waals surface area contributed by atoms with Crippen LogP contribution < -0.4 is 15.4 Å². The number of rotatable bonds is 6. The first kappa shape index (κ1) is 14.3. The number of halogens is 1. The average molecular weight is 254 g/mol. The Kier molecular flexibility index (Phi) is 5.42. The van der Waals surface area contributed by atoms with E-state index < -0.39 is 5.82 Å². The number of hydrogen-bond acceptors (Lipinski definition) is 3. The van der Waals surface area contributed by atoms with Gasteiger partial charge in [-0.25, -0.2) is 4.39 Å². The minimum absolute atomic E-state index is 0.0907. The lowest BCUT2D eigenvalue weighted by Crippen LogP contribution is -2.32. The molecule has 0 saturated heterocycles. The van der Waals surface area contributed by atoms with Crippen LogP contribution in [-0.2, 0) is 4.79 Å². The molecule has 5 heteroatoms. The van der Waals surface area contributed by atoms with Gasteiger partial charge in [-0.2, -0.15) is 0 Å². The van der Waals surface area contributed by atoms with Gasteiger partial charge < -0.3 is 15.4 Å². The summed E-state index contributed by atoms with van der Waals surface area (Å²) in [6, 6.07) is 4.38. The first-order valence-corrected chi connectivity index (χ1v) is 5.87. The summed E-state index contributed by atoms with van der Waals surface area (Å²) in [4.78, 5) is 11.5. The molecule has 1 aromatic carbocycles. The highest BCUT2D eigenvalue weighted by Gasteiger charge is 2.05. The molecule has 4 nitrogen and oxygen atoms in total. The zero-order valence-corrected chi connectivity index (χ0v) is 10.9. The fourth-order valence-electron chi connectivity index (χ4n) is 1.33. The highest BCUT2D eigenvalue weighted by Crippen LogP contribution is 2.21. The number of nitrogens with one attached hydrogen (secondary N) is 2. The zero-order chi connectivity index (χ0) is 13.5. The van der Waals surface area contributed by atoms with Gasteiger partial charge in [0, 0.05) is 18.3 Å². The molecule has 0 radical (unpaired) electrons. The molecule has 0 heterocycles. The molecule has 2 N–H and O–H groups in total. The number of amides is 1. The predicted molar refractivity (Wildman–Crippen MR) is 69.3 cm³/mol. The van der Waals surface area contributed by atoms with Gasteiger partial charge in [-0.15, -0.1) is 0 Å². The van der Waals surface area contributed by atoms with Gasteiger partial charge in [0.05, 0.1) is 13.7 Å². The van der Waals surface area contributed by atoms with E-state index in [2.05, 4.69) is 10.6 Å². The molecule has 0 aromatic heterocycles. The number of benzene rings is 1. The first-order chi connectivity index (χ1) is 8.52. The summed E-state index contributed by atoms with van der Waals surface area (Å²) in [7, 11) is 1.40. The molecule has 0 atom stereocenters. The summed E-state index contributed by atoms with van der Waals surface area (Å²) in [6.45, 7) is 4.85. The lowest BCUT2D eigenvalue weighted by Gasteiger charge is -2.10. The Labute approximate surface area is 107 Å². The molecule has 1 amide bonds. The van der Waals surface area contributed by atoms with Crippen LogP contribution >= 0.6 is 0 Å². The maximum atomic E-state index is 13.1. The third kappa shape index (κ3) is 4.61. The molecular formula is C13H19FN2O2. The van der Waals surface area contributed by atoms with Gasteiger partial charge in [0.25, 0.3) is 0 Å². The van der Waals surface area contributed by atoms with E-state index in [0.29, 0.717) is 18.2 Å². The van der Waals surface area contributed by atoms with Crippen LogP contribution in [0.5, 0.6) is 5.75 Å². The topological polar surface area (TPSA) is 50.4 Å². The van der Waals surface area contributed by atoms with Gasteiger partial charge in [0.1, 0.15) is 0 Å². The van der Waals surface area contributed by atoms with E-state index in [1.807, 2.05) is 13.8 Å². The maximum Gasteiger partial charge on any atom is 0.239 e. The summed E-state index contributed by atoms with van der Waals surface area (Å²) >= 11 is 0. The smallest absolute Gasteiger partial charge is 0.239 e. The van der Waals surface area contributed by atoms with E-state index in [9.17, 15) is 9.18 Å². The van der Waals surface area contributed by atoms with Gasteiger partial charge in [-0.3, -0.25) is 4.79 Å². The van der Waals surface area contributed by atoms with E-state index >= 15 is 0 Å². The Morgan fingerprint density at radius 3 is 2.78 bits per heavy atom. The molecule has 1 aromatic rings. The molecule has 0 saturated carbocycles. The minimum atomic E-state index is -0.424. The van der Waals surface area contributed by atoms with Gasteiger partial charge in [-0.05, 0) is 18.1 Å². The van der Waals surface area contributed by atoms with Crippen molar-refractivity contribution in [1.29, 1.82) is 0 Å². The summed E-state index contributed by atoms with van der Waals surface area (Å²) in [5, 5.41) is 5.70. The summed E-state index contributed by atoms with van der Waals surface area (Å²) < 4.78 is 18.0. The Morgan fingerprint density at radius 1 is 1.44 bits per heavy atom. The normalized spacial score (nSPS) is 10.3. The van der Waals surface area contributed by atoms with Crippen molar-refractivity contribution < 1.29 is 13.9 Å². The van der Waals surface area contributed by atoms with Crippen LogP contribution in [0.2, 0.25) is 0 Å². The molecule has 0 aliphatic heterocycles. The zero-order valence-electron chi connectivity index (χ0n) is 10.9. The summed E-state index contributed by atoms with van der Waals surface area (Å²) in [6.07, 6.45) is 0. The molecule has 18 heavy (non-hydrogen) atoms. The molecule has 0 spiro atoms. The van der Waals surface area contributed by atoms with Crippen molar-refractivity contribution in [1.82, 2.24) is 5.32 Å². The molecule has 0 aliphatic rings. The summed E-state index contributed by atoms with van der Waals surface area (Å²) in [5.41, 5.74) is 0.646. The van der Waals surface area contributed by atoms with Crippen molar-refractivity contribution >= 4 is 11.6 Å². The number of carbonyl (C=O) groups is 1. The highest BCUT2D eigenvalue weighted by atomic mass is 19.1. The molecule has 1 rings (SSSR count). The number of carbonyl (C=O) groups excluding carboxylic acids is 1. The van der Waals surface area contributed by atoms with Crippen molar-refractivity contribution in [3.05, 3.63) is 24.0 Å². The standard InChI is InChI=1S/C13H19FN2O2/c1-9(2)7-16-13(17)8-15-10-4-5-11(14)12(6-10)18-3/h4-6,9,15H,7-8H2,1-3H3,(H,16,17). The third-order valence-corrected chi connectivity index (χ3v) is 2.31. The van der Waals surface area contributed by atoms with E-state index in [0.717, 1.165) is 0 Å². The Hall–Kier alpha value is -1.78. The van der Waals surface area contributed by atoms with Crippen LogP contribution in [0.25, 0.3) is 0 Å². The first-order valence-electron chi connectivity index (χ1n) is 5.87. The van der Waals surface area contributed by atoms with Gasteiger partial charge in [0.2, 0.25) is 5.91 Å². The lowest BCUT2D eigenvalue weighted by molar-refractivity contribution is -0.119. The Morgan fingerprint density at radius 2 is 2.17 bits per heavy atom.